The van der Waals surface area contributed by atoms with Crippen molar-refractivity contribution in [1.82, 2.24) is 0 Å². The van der Waals surface area contributed by atoms with Gasteiger partial charge in [-0.2, -0.15) is 0 Å². The Labute approximate surface area is 175 Å². The first-order valence-corrected chi connectivity index (χ1v) is 9.15. The second-order valence-electron chi connectivity index (χ2n) is 6.63. The molecule has 3 aromatic rings. The molecule has 156 valence electrons. The largest absolute Gasteiger partial charge is 0.496 e. The molecule has 4 rings (SSSR count). The van der Waals surface area contributed by atoms with Gasteiger partial charge in [-0.15, -0.1) is 0 Å². The molecular weight excluding hydrogens is 409 g/mol. The highest BCUT2D eigenvalue weighted by atomic mass is 19.1. The maximum absolute atomic E-state index is 14.4. The standard InChI is InChI=1S/C23H15F3N2O3/c1-31-19-8-3-2-7-16(19)20-21(27-15-6-4-5-13(24)11-15)23(30)28(22(20)29)18-12-14(25)9-10-17(18)26/h2-12,27H,1H3. The van der Waals surface area contributed by atoms with Gasteiger partial charge in [0.2, 0.25) is 0 Å². The van der Waals surface area contributed by atoms with Crippen LogP contribution in [0.15, 0.2) is 72.4 Å². The number of hydrogen-bond donors (Lipinski definition) is 1. The summed E-state index contributed by atoms with van der Waals surface area (Å²) in [5, 5.41) is 2.75. The average Bonchev–Trinajstić information content (AvgIpc) is 2.99. The van der Waals surface area contributed by atoms with Crippen molar-refractivity contribution >= 4 is 28.8 Å². The van der Waals surface area contributed by atoms with Crippen molar-refractivity contribution in [3.63, 3.8) is 0 Å². The molecule has 0 bridgehead atoms. The van der Waals surface area contributed by atoms with Gasteiger partial charge < -0.3 is 10.1 Å². The van der Waals surface area contributed by atoms with Crippen LogP contribution in [-0.2, 0) is 9.59 Å². The third-order valence-corrected chi connectivity index (χ3v) is 4.70. The number of halogens is 3. The summed E-state index contributed by atoms with van der Waals surface area (Å²) in [5.74, 6) is -3.83. The van der Waals surface area contributed by atoms with E-state index in [0.717, 1.165) is 24.3 Å². The number of methoxy groups -OCH3 is 1. The zero-order valence-electron chi connectivity index (χ0n) is 16.2. The van der Waals surface area contributed by atoms with Crippen LogP contribution in [0, 0.1) is 17.5 Å². The number of amides is 2. The number of ether oxygens (including phenoxy) is 1. The zero-order valence-corrected chi connectivity index (χ0v) is 16.2. The van der Waals surface area contributed by atoms with E-state index < -0.39 is 35.0 Å². The van der Waals surface area contributed by atoms with E-state index in [1.807, 2.05) is 0 Å². The topological polar surface area (TPSA) is 58.6 Å². The van der Waals surface area contributed by atoms with E-state index in [-0.39, 0.29) is 22.5 Å². The van der Waals surface area contributed by atoms with Gasteiger partial charge in [-0.1, -0.05) is 24.3 Å². The van der Waals surface area contributed by atoms with Crippen molar-refractivity contribution in [2.45, 2.75) is 0 Å². The number of rotatable bonds is 5. The molecule has 1 N–H and O–H groups in total. The van der Waals surface area contributed by atoms with Crippen LogP contribution in [0.5, 0.6) is 5.75 Å². The molecule has 0 atom stereocenters. The maximum Gasteiger partial charge on any atom is 0.282 e. The summed E-state index contributed by atoms with van der Waals surface area (Å²) >= 11 is 0. The Morgan fingerprint density at radius 2 is 1.58 bits per heavy atom. The molecule has 3 aromatic carbocycles. The molecule has 0 radical (unpaired) electrons. The van der Waals surface area contributed by atoms with Crippen LogP contribution in [0.25, 0.3) is 5.57 Å². The van der Waals surface area contributed by atoms with Crippen LogP contribution in [-0.4, -0.2) is 18.9 Å². The molecule has 0 fully saturated rings. The minimum atomic E-state index is -0.950. The quantitative estimate of drug-likeness (QED) is 0.613. The Hall–Kier alpha value is -4.07. The van der Waals surface area contributed by atoms with E-state index in [9.17, 15) is 22.8 Å². The van der Waals surface area contributed by atoms with Gasteiger partial charge in [-0.25, -0.2) is 18.1 Å². The molecule has 0 aliphatic carbocycles. The van der Waals surface area contributed by atoms with Gasteiger partial charge in [-0.05, 0) is 36.4 Å². The van der Waals surface area contributed by atoms with E-state index in [1.54, 1.807) is 24.3 Å². The first-order chi connectivity index (χ1) is 14.9. The van der Waals surface area contributed by atoms with Gasteiger partial charge in [-0.3, -0.25) is 9.59 Å². The first-order valence-electron chi connectivity index (χ1n) is 9.15. The number of hydrogen-bond acceptors (Lipinski definition) is 4. The maximum atomic E-state index is 14.4. The summed E-state index contributed by atoms with van der Waals surface area (Å²) in [6.07, 6.45) is 0. The normalized spacial score (nSPS) is 13.7. The summed E-state index contributed by atoms with van der Waals surface area (Å²) in [6.45, 7) is 0. The minimum Gasteiger partial charge on any atom is -0.496 e. The lowest BCUT2D eigenvalue weighted by Gasteiger charge is -2.16. The highest BCUT2D eigenvalue weighted by Crippen LogP contribution is 2.38. The molecule has 1 heterocycles. The smallest absolute Gasteiger partial charge is 0.282 e. The number of para-hydroxylation sites is 1. The van der Waals surface area contributed by atoms with Crippen molar-refractivity contribution in [2.75, 3.05) is 17.3 Å². The van der Waals surface area contributed by atoms with E-state index in [1.165, 1.54) is 25.3 Å². The van der Waals surface area contributed by atoms with Crippen LogP contribution >= 0.6 is 0 Å². The van der Waals surface area contributed by atoms with E-state index in [2.05, 4.69) is 5.32 Å². The SMILES string of the molecule is COc1ccccc1C1=C(Nc2cccc(F)c2)C(=O)N(c2cc(F)ccc2F)C1=O. The lowest BCUT2D eigenvalue weighted by atomic mass is 10.0. The first kappa shape index (κ1) is 20.2. The fourth-order valence-corrected chi connectivity index (χ4v) is 3.33. The predicted molar refractivity (Wildman–Crippen MR) is 109 cm³/mol. The highest BCUT2D eigenvalue weighted by molar-refractivity contribution is 6.46. The van der Waals surface area contributed by atoms with Crippen LogP contribution in [0.4, 0.5) is 24.5 Å². The second-order valence-corrected chi connectivity index (χ2v) is 6.63. The lowest BCUT2D eigenvalue weighted by Crippen LogP contribution is -2.33. The number of carbonyl (C=O) groups is 2. The fraction of sp³-hybridized carbons (Fsp3) is 0.0435. The van der Waals surface area contributed by atoms with Crippen molar-refractivity contribution < 1.29 is 27.5 Å². The molecule has 0 saturated carbocycles. The summed E-state index contributed by atoms with van der Waals surface area (Å²) in [4.78, 5) is 27.1. The highest BCUT2D eigenvalue weighted by Gasteiger charge is 2.42. The van der Waals surface area contributed by atoms with E-state index in [0.29, 0.717) is 10.6 Å². The minimum absolute atomic E-state index is 0.115. The van der Waals surface area contributed by atoms with Crippen LogP contribution < -0.4 is 15.0 Å². The van der Waals surface area contributed by atoms with Gasteiger partial charge in [0.25, 0.3) is 11.8 Å². The molecule has 0 unspecified atom stereocenters. The summed E-state index contributed by atoms with van der Waals surface area (Å²) in [6, 6.07) is 14.2. The van der Waals surface area contributed by atoms with Crippen molar-refractivity contribution in [3.05, 3.63) is 95.4 Å². The molecule has 1 aliphatic heterocycles. The third-order valence-electron chi connectivity index (χ3n) is 4.70. The van der Waals surface area contributed by atoms with Gasteiger partial charge in [0.15, 0.2) is 0 Å². The molecule has 0 saturated heterocycles. The van der Waals surface area contributed by atoms with E-state index >= 15 is 0 Å². The monoisotopic (exact) mass is 424 g/mol. The summed E-state index contributed by atoms with van der Waals surface area (Å²) in [7, 11) is 1.39. The van der Waals surface area contributed by atoms with Crippen molar-refractivity contribution in [2.24, 2.45) is 0 Å². The Bertz CT molecular complexity index is 1240. The number of imide groups is 1. The van der Waals surface area contributed by atoms with Gasteiger partial charge in [0, 0.05) is 17.3 Å². The molecule has 5 nitrogen and oxygen atoms in total. The van der Waals surface area contributed by atoms with E-state index in [4.69, 9.17) is 4.74 Å². The summed E-state index contributed by atoms with van der Waals surface area (Å²) in [5.41, 5.74) is -0.399. The number of benzene rings is 3. The fourth-order valence-electron chi connectivity index (χ4n) is 3.33. The number of anilines is 2. The molecule has 1 aliphatic rings. The van der Waals surface area contributed by atoms with Gasteiger partial charge in [0.05, 0.1) is 18.4 Å². The third kappa shape index (κ3) is 3.63. The Morgan fingerprint density at radius 3 is 2.32 bits per heavy atom. The second kappa shape index (κ2) is 7.98. The Kier molecular flexibility index (Phi) is 5.21. The van der Waals surface area contributed by atoms with Gasteiger partial charge >= 0.3 is 0 Å². The molecule has 2 amide bonds. The Balaban J connectivity index is 1.90. The molecule has 0 spiro atoms. The predicted octanol–water partition coefficient (Wildman–Crippen LogP) is 4.51. The number of nitrogens with zero attached hydrogens (tertiary/aromatic N) is 1. The van der Waals surface area contributed by atoms with Crippen molar-refractivity contribution in [1.29, 1.82) is 0 Å². The number of nitrogens with one attached hydrogen (secondary N) is 1. The molecule has 31 heavy (non-hydrogen) atoms. The molecule has 8 heteroatoms. The van der Waals surface area contributed by atoms with Crippen molar-refractivity contribution in [3.8, 4) is 5.75 Å². The van der Waals surface area contributed by atoms with Gasteiger partial charge in [0.1, 0.15) is 28.9 Å². The van der Waals surface area contributed by atoms with Crippen LogP contribution in [0.2, 0.25) is 0 Å². The zero-order chi connectivity index (χ0) is 22.1. The molecular formula is C23H15F3N2O3. The van der Waals surface area contributed by atoms with Crippen LogP contribution in [0.1, 0.15) is 5.56 Å². The number of carbonyl (C=O) groups excluding carboxylic acids is 2. The Morgan fingerprint density at radius 1 is 0.839 bits per heavy atom. The summed E-state index contributed by atoms with van der Waals surface area (Å²) < 4.78 is 47.2. The molecule has 0 aromatic heterocycles. The lowest BCUT2D eigenvalue weighted by molar-refractivity contribution is -0.120. The average molecular weight is 424 g/mol. The van der Waals surface area contributed by atoms with Crippen LogP contribution in [0.3, 0.4) is 0 Å².